The molecule has 2 rings (SSSR count). The van der Waals surface area contributed by atoms with Gasteiger partial charge in [-0.1, -0.05) is 36.1 Å². The van der Waals surface area contributed by atoms with Gasteiger partial charge in [-0.15, -0.1) is 0 Å². The average Bonchev–Trinajstić information content (AvgIpc) is 2.68. The second-order valence-corrected chi connectivity index (χ2v) is 6.14. The lowest BCUT2D eigenvalue weighted by Gasteiger charge is -2.10. The number of nitrogens with zero attached hydrogens (tertiary/aromatic N) is 1. The highest BCUT2D eigenvalue weighted by molar-refractivity contribution is 8.26. The molecular weight excluding hydrogens is 324 g/mol. The molecule has 1 aromatic carbocycles. The Balaban J connectivity index is 2.16. The molecule has 1 fully saturated rings. The van der Waals surface area contributed by atoms with Crippen molar-refractivity contribution in [2.24, 2.45) is 0 Å². The normalized spacial score (nSPS) is 16.2. The van der Waals surface area contributed by atoms with Crippen molar-refractivity contribution in [1.29, 1.82) is 0 Å². The topological polar surface area (TPSA) is 86.7 Å². The Kier molecular flexibility index (Phi) is 4.94. The second-order valence-electron chi connectivity index (χ2n) is 4.46. The monoisotopic (exact) mass is 336 g/mol. The number of carbonyl (C=O) groups is 3. The van der Waals surface area contributed by atoms with Crippen molar-refractivity contribution >= 4 is 57.8 Å². The third-order valence-corrected chi connectivity index (χ3v) is 4.07. The zero-order valence-electron chi connectivity index (χ0n) is 11.5. The summed E-state index contributed by atoms with van der Waals surface area (Å²) in [4.78, 5) is 35.2. The number of carboxylic acid groups (broad SMARTS) is 1. The highest BCUT2D eigenvalue weighted by Crippen LogP contribution is 2.32. The zero-order valence-corrected chi connectivity index (χ0v) is 13.2. The molecule has 2 N–H and O–H groups in total. The van der Waals surface area contributed by atoms with Crippen LogP contribution >= 0.6 is 24.0 Å². The van der Waals surface area contributed by atoms with E-state index in [1.54, 1.807) is 30.3 Å². The fraction of sp³-hybridized carbons (Fsp3) is 0.143. The van der Waals surface area contributed by atoms with Gasteiger partial charge < -0.3 is 10.4 Å². The zero-order chi connectivity index (χ0) is 16.3. The maximum atomic E-state index is 12.1. The van der Waals surface area contributed by atoms with Gasteiger partial charge in [0.1, 0.15) is 10.9 Å². The van der Waals surface area contributed by atoms with E-state index in [1.165, 1.54) is 6.92 Å². The SMILES string of the molecule is CC(=O)Nc1ccc(/C=C2/SC(=S)N(CC(=O)O)C2=O)cc1. The van der Waals surface area contributed by atoms with Crippen LogP contribution in [0.5, 0.6) is 0 Å². The van der Waals surface area contributed by atoms with E-state index in [1.807, 2.05) is 0 Å². The molecule has 1 saturated heterocycles. The first-order valence-corrected chi connectivity index (χ1v) is 7.44. The Labute approximate surface area is 136 Å². The van der Waals surface area contributed by atoms with E-state index >= 15 is 0 Å². The molecule has 1 aromatic rings. The number of rotatable bonds is 4. The molecule has 0 saturated carbocycles. The summed E-state index contributed by atoms with van der Waals surface area (Å²) in [5.41, 5.74) is 1.41. The van der Waals surface area contributed by atoms with Gasteiger partial charge >= 0.3 is 5.97 Å². The van der Waals surface area contributed by atoms with Crippen LogP contribution in [0, 0.1) is 0 Å². The van der Waals surface area contributed by atoms with Gasteiger partial charge in [-0.2, -0.15) is 0 Å². The van der Waals surface area contributed by atoms with Gasteiger partial charge in [0.25, 0.3) is 5.91 Å². The van der Waals surface area contributed by atoms with Crippen molar-refractivity contribution in [3.05, 3.63) is 34.7 Å². The van der Waals surface area contributed by atoms with Crippen LogP contribution in [0.1, 0.15) is 12.5 Å². The molecule has 6 nitrogen and oxygen atoms in total. The van der Waals surface area contributed by atoms with Gasteiger partial charge in [0.2, 0.25) is 5.91 Å². The first-order valence-electron chi connectivity index (χ1n) is 6.21. The summed E-state index contributed by atoms with van der Waals surface area (Å²) in [5, 5.41) is 11.4. The number of carbonyl (C=O) groups excluding carboxylic acids is 2. The van der Waals surface area contributed by atoms with Crippen LogP contribution in [0.25, 0.3) is 6.08 Å². The average molecular weight is 336 g/mol. The predicted octanol–water partition coefficient (Wildman–Crippen LogP) is 1.93. The Morgan fingerprint density at radius 2 is 2.00 bits per heavy atom. The molecule has 0 bridgehead atoms. The third kappa shape index (κ3) is 3.92. The van der Waals surface area contributed by atoms with E-state index in [9.17, 15) is 14.4 Å². The van der Waals surface area contributed by atoms with Crippen LogP contribution in [0.3, 0.4) is 0 Å². The molecule has 1 heterocycles. The first-order chi connectivity index (χ1) is 10.4. The number of hydrogen-bond donors (Lipinski definition) is 2. The minimum absolute atomic E-state index is 0.165. The lowest BCUT2D eigenvalue weighted by atomic mass is 10.2. The summed E-state index contributed by atoms with van der Waals surface area (Å²) in [6.07, 6.45) is 1.64. The summed E-state index contributed by atoms with van der Waals surface area (Å²) < 4.78 is 0.230. The molecule has 1 aliphatic rings. The Morgan fingerprint density at radius 1 is 1.36 bits per heavy atom. The van der Waals surface area contributed by atoms with Crippen LogP contribution in [-0.2, 0) is 14.4 Å². The van der Waals surface area contributed by atoms with Gasteiger partial charge in [-0.3, -0.25) is 19.3 Å². The lowest BCUT2D eigenvalue weighted by Crippen LogP contribution is -2.33. The van der Waals surface area contributed by atoms with E-state index in [4.69, 9.17) is 17.3 Å². The maximum absolute atomic E-state index is 12.1. The van der Waals surface area contributed by atoms with E-state index in [2.05, 4.69) is 5.32 Å². The minimum Gasteiger partial charge on any atom is -0.480 e. The number of anilines is 1. The Hall–Kier alpha value is -2.19. The van der Waals surface area contributed by atoms with Crippen molar-refractivity contribution in [3.63, 3.8) is 0 Å². The number of carboxylic acids is 1. The standard InChI is InChI=1S/C14H12N2O4S2/c1-8(17)15-10-4-2-9(3-5-10)6-11-13(20)16(7-12(18)19)14(21)22-11/h2-6H,7H2,1H3,(H,15,17)(H,18,19)/b11-6+. The molecule has 0 aliphatic carbocycles. The summed E-state index contributed by atoms with van der Waals surface area (Å²) in [6, 6.07) is 6.92. The fourth-order valence-corrected chi connectivity index (χ4v) is 3.04. The van der Waals surface area contributed by atoms with Crippen LogP contribution in [0.4, 0.5) is 5.69 Å². The van der Waals surface area contributed by atoms with Crippen molar-refractivity contribution in [2.45, 2.75) is 6.92 Å². The Bertz CT molecular complexity index is 683. The van der Waals surface area contributed by atoms with Gasteiger partial charge in [0.15, 0.2) is 0 Å². The van der Waals surface area contributed by atoms with E-state index in [0.717, 1.165) is 22.2 Å². The number of nitrogens with one attached hydrogen (secondary N) is 1. The number of hydrogen-bond acceptors (Lipinski definition) is 5. The molecule has 2 amide bonds. The van der Waals surface area contributed by atoms with Crippen LogP contribution in [0.2, 0.25) is 0 Å². The van der Waals surface area contributed by atoms with Crippen LogP contribution < -0.4 is 5.32 Å². The lowest BCUT2D eigenvalue weighted by molar-refractivity contribution is -0.140. The van der Waals surface area contributed by atoms with Crippen LogP contribution in [-0.4, -0.2) is 38.7 Å². The number of amides is 2. The maximum Gasteiger partial charge on any atom is 0.323 e. The fourth-order valence-electron chi connectivity index (χ4n) is 1.79. The number of benzene rings is 1. The quantitative estimate of drug-likeness (QED) is 0.645. The van der Waals surface area contributed by atoms with Gasteiger partial charge in [0.05, 0.1) is 4.91 Å². The van der Waals surface area contributed by atoms with E-state index in [0.29, 0.717) is 10.6 Å². The molecule has 0 aromatic heterocycles. The molecule has 0 atom stereocenters. The smallest absolute Gasteiger partial charge is 0.323 e. The summed E-state index contributed by atoms with van der Waals surface area (Å²) in [6.45, 7) is 0.977. The first kappa shape index (κ1) is 16.2. The predicted molar refractivity (Wildman–Crippen MR) is 88.3 cm³/mol. The minimum atomic E-state index is -1.11. The van der Waals surface area contributed by atoms with Crippen LogP contribution in [0.15, 0.2) is 29.2 Å². The second kappa shape index (κ2) is 6.71. The molecule has 114 valence electrons. The summed E-state index contributed by atoms with van der Waals surface area (Å²) in [5.74, 6) is -1.69. The van der Waals surface area contributed by atoms with E-state index in [-0.39, 0.29) is 10.2 Å². The highest BCUT2D eigenvalue weighted by atomic mass is 32.2. The van der Waals surface area contributed by atoms with Gasteiger partial charge in [0, 0.05) is 12.6 Å². The van der Waals surface area contributed by atoms with Crippen molar-refractivity contribution in [3.8, 4) is 0 Å². The van der Waals surface area contributed by atoms with Gasteiger partial charge in [-0.25, -0.2) is 0 Å². The van der Waals surface area contributed by atoms with Crippen molar-refractivity contribution < 1.29 is 19.5 Å². The molecule has 22 heavy (non-hydrogen) atoms. The summed E-state index contributed by atoms with van der Waals surface area (Å²) >= 11 is 6.08. The molecular formula is C14H12N2O4S2. The Morgan fingerprint density at radius 3 is 2.55 bits per heavy atom. The van der Waals surface area contributed by atoms with Crippen molar-refractivity contribution in [2.75, 3.05) is 11.9 Å². The number of aliphatic carboxylic acids is 1. The highest BCUT2D eigenvalue weighted by Gasteiger charge is 2.33. The van der Waals surface area contributed by atoms with Gasteiger partial charge in [-0.05, 0) is 23.8 Å². The molecule has 0 spiro atoms. The van der Waals surface area contributed by atoms with Crippen molar-refractivity contribution in [1.82, 2.24) is 4.90 Å². The van der Waals surface area contributed by atoms with E-state index < -0.39 is 18.4 Å². The summed E-state index contributed by atoms with van der Waals surface area (Å²) in [7, 11) is 0. The number of thiocarbonyl (C=S) groups is 1. The molecule has 1 aliphatic heterocycles. The molecule has 8 heteroatoms. The molecule has 0 unspecified atom stereocenters. The number of thioether (sulfide) groups is 1. The molecule has 0 radical (unpaired) electrons. The third-order valence-electron chi connectivity index (χ3n) is 2.70. The largest absolute Gasteiger partial charge is 0.480 e.